The Labute approximate surface area is 111 Å². The summed E-state index contributed by atoms with van der Waals surface area (Å²) >= 11 is 0. The van der Waals surface area contributed by atoms with Gasteiger partial charge in [0.15, 0.2) is 0 Å². The van der Waals surface area contributed by atoms with Crippen LogP contribution in [0.1, 0.15) is 39.5 Å². The highest BCUT2D eigenvalue weighted by Crippen LogP contribution is 2.23. The summed E-state index contributed by atoms with van der Waals surface area (Å²) in [7, 11) is 0. The van der Waals surface area contributed by atoms with Crippen molar-refractivity contribution in [3.05, 3.63) is 0 Å². The molecule has 1 atom stereocenters. The molecule has 0 radical (unpaired) electrons. The van der Waals surface area contributed by atoms with E-state index in [2.05, 4.69) is 19.2 Å². The van der Waals surface area contributed by atoms with Gasteiger partial charge in [0.05, 0.1) is 18.8 Å². The number of hydrogen-bond donors (Lipinski definition) is 3. The van der Waals surface area contributed by atoms with Crippen molar-refractivity contribution < 1.29 is 14.9 Å². The quantitative estimate of drug-likeness (QED) is 0.612. The van der Waals surface area contributed by atoms with E-state index in [1.54, 1.807) is 0 Å². The molecule has 1 unspecified atom stereocenters. The van der Waals surface area contributed by atoms with E-state index in [9.17, 15) is 10.2 Å². The third-order valence-corrected chi connectivity index (χ3v) is 3.39. The molecule has 1 aliphatic carbocycles. The van der Waals surface area contributed by atoms with Gasteiger partial charge in [-0.3, -0.25) is 0 Å². The molecule has 0 heterocycles. The Morgan fingerprint density at radius 3 is 2.44 bits per heavy atom. The first-order chi connectivity index (χ1) is 8.58. The molecule has 0 aromatic rings. The SMILES string of the molecule is CC(C)COCC(O)CNCC1CCC(O)CC1. The molecule has 1 fully saturated rings. The van der Waals surface area contributed by atoms with Crippen molar-refractivity contribution in [1.82, 2.24) is 5.32 Å². The number of aliphatic hydroxyl groups excluding tert-OH is 2. The van der Waals surface area contributed by atoms with E-state index in [4.69, 9.17) is 4.74 Å². The molecular weight excluding hydrogens is 230 g/mol. The first kappa shape index (κ1) is 15.9. The molecule has 108 valence electrons. The standard InChI is InChI=1S/C14H29NO3/c1-11(2)9-18-10-14(17)8-15-7-12-3-5-13(16)6-4-12/h11-17H,3-10H2,1-2H3. The van der Waals surface area contributed by atoms with Gasteiger partial charge in [0.1, 0.15) is 0 Å². The minimum atomic E-state index is -0.419. The normalized spacial score (nSPS) is 26.5. The number of hydrogen-bond acceptors (Lipinski definition) is 4. The Hall–Kier alpha value is -0.160. The van der Waals surface area contributed by atoms with Gasteiger partial charge in [-0.15, -0.1) is 0 Å². The first-order valence-corrected chi connectivity index (χ1v) is 7.22. The molecule has 0 aromatic carbocycles. The van der Waals surface area contributed by atoms with Crippen LogP contribution in [0.5, 0.6) is 0 Å². The van der Waals surface area contributed by atoms with Crippen LogP contribution >= 0.6 is 0 Å². The molecule has 1 saturated carbocycles. The summed E-state index contributed by atoms with van der Waals surface area (Å²) in [6.07, 6.45) is 3.52. The summed E-state index contributed by atoms with van der Waals surface area (Å²) < 4.78 is 5.39. The van der Waals surface area contributed by atoms with Gasteiger partial charge in [-0.05, 0) is 44.1 Å². The second kappa shape index (κ2) is 8.86. The zero-order valence-electron chi connectivity index (χ0n) is 11.8. The van der Waals surface area contributed by atoms with E-state index < -0.39 is 6.10 Å². The molecule has 4 heteroatoms. The number of nitrogens with one attached hydrogen (secondary N) is 1. The van der Waals surface area contributed by atoms with Crippen LogP contribution in [-0.2, 0) is 4.74 Å². The van der Waals surface area contributed by atoms with E-state index in [1.165, 1.54) is 0 Å². The lowest BCUT2D eigenvalue weighted by molar-refractivity contribution is 0.0252. The first-order valence-electron chi connectivity index (χ1n) is 7.22. The lowest BCUT2D eigenvalue weighted by Crippen LogP contribution is -2.35. The van der Waals surface area contributed by atoms with Crippen molar-refractivity contribution in [3.8, 4) is 0 Å². The Balaban J connectivity index is 1.96. The molecule has 3 N–H and O–H groups in total. The summed E-state index contributed by atoms with van der Waals surface area (Å²) in [4.78, 5) is 0. The van der Waals surface area contributed by atoms with Crippen molar-refractivity contribution in [2.45, 2.75) is 51.7 Å². The lowest BCUT2D eigenvalue weighted by Gasteiger charge is -2.26. The number of ether oxygens (including phenoxy) is 1. The van der Waals surface area contributed by atoms with Crippen LogP contribution in [0.4, 0.5) is 0 Å². The molecule has 0 saturated heterocycles. The third-order valence-electron chi connectivity index (χ3n) is 3.39. The van der Waals surface area contributed by atoms with E-state index in [0.29, 0.717) is 31.6 Å². The van der Waals surface area contributed by atoms with Crippen molar-refractivity contribution >= 4 is 0 Å². The fourth-order valence-corrected chi connectivity index (χ4v) is 2.30. The van der Waals surface area contributed by atoms with Crippen LogP contribution in [0.25, 0.3) is 0 Å². The molecule has 4 nitrogen and oxygen atoms in total. The van der Waals surface area contributed by atoms with Gasteiger partial charge in [-0.1, -0.05) is 13.8 Å². The molecular formula is C14H29NO3. The number of rotatable bonds is 8. The van der Waals surface area contributed by atoms with Gasteiger partial charge in [-0.25, -0.2) is 0 Å². The fraction of sp³-hybridized carbons (Fsp3) is 1.00. The Morgan fingerprint density at radius 2 is 1.83 bits per heavy atom. The van der Waals surface area contributed by atoms with E-state index in [-0.39, 0.29) is 6.10 Å². The average molecular weight is 259 g/mol. The summed E-state index contributed by atoms with van der Waals surface area (Å²) in [6.45, 7) is 6.85. The smallest absolute Gasteiger partial charge is 0.0897 e. The average Bonchev–Trinajstić information content (AvgIpc) is 2.31. The van der Waals surface area contributed by atoms with E-state index in [1.807, 2.05) is 0 Å². The zero-order valence-corrected chi connectivity index (χ0v) is 11.8. The highest BCUT2D eigenvalue weighted by molar-refractivity contribution is 4.73. The molecule has 0 spiro atoms. The Bertz CT molecular complexity index is 203. The van der Waals surface area contributed by atoms with Gasteiger partial charge < -0.3 is 20.3 Å². The Morgan fingerprint density at radius 1 is 1.17 bits per heavy atom. The number of aliphatic hydroxyl groups is 2. The molecule has 0 bridgehead atoms. The minimum Gasteiger partial charge on any atom is -0.393 e. The van der Waals surface area contributed by atoms with Crippen molar-refractivity contribution in [1.29, 1.82) is 0 Å². The van der Waals surface area contributed by atoms with Crippen molar-refractivity contribution in [2.75, 3.05) is 26.3 Å². The van der Waals surface area contributed by atoms with Crippen LogP contribution in [-0.4, -0.2) is 48.7 Å². The van der Waals surface area contributed by atoms with Crippen LogP contribution in [0, 0.1) is 11.8 Å². The second-order valence-corrected chi connectivity index (χ2v) is 5.92. The molecule has 1 rings (SSSR count). The van der Waals surface area contributed by atoms with E-state index >= 15 is 0 Å². The van der Waals surface area contributed by atoms with Gasteiger partial charge >= 0.3 is 0 Å². The highest BCUT2D eigenvalue weighted by atomic mass is 16.5. The molecule has 0 aliphatic heterocycles. The fourth-order valence-electron chi connectivity index (χ4n) is 2.30. The molecule has 0 aromatic heterocycles. The third kappa shape index (κ3) is 7.31. The molecule has 18 heavy (non-hydrogen) atoms. The topological polar surface area (TPSA) is 61.7 Å². The van der Waals surface area contributed by atoms with Crippen LogP contribution < -0.4 is 5.32 Å². The van der Waals surface area contributed by atoms with Crippen LogP contribution in [0.2, 0.25) is 0 Å². The predicted octanol–water partition coefficient (Wildman–Crippen LogP) is 1.16. The maximum absolute atomic E-state index is 9.71. The van der Waals surface area contributed by atoms with Gasteiger partial charge in [-0.2, -0.15) is 0 Å². The molecule has 0 amide bonds. The summed E-state index contributed by atoms with van der Waals surface area (Å²) in [5.74, 6) is 1.16. The maximum atomic E-state index is 9.71. The minimum absolute atomic E-state index is 0.0868. The lowest BCUT2D eigenvalue weighted by atomic mass is 9.87. The van der Waals surface area contributed by atoms with Crippen molar-refractivity contribution in [2.24, 2.45) is 11.8 Å². The predicted molar refractivity (Wildman–Crippen MR) is 72.5 cm³/mol. The maximum Gasteiger partial charge on any atom is 0.0897 e. The summed E-state index contributed by atoms with van der Waals surface area (Å²) in [5.41, 5.74) is 0. The Kier molecular flexibility index (Phi) is 7.82. The highest BCUT2D eigenvalue weighted by Gasteiger charge is 2.19. The van der Waals surface area contributed by atoms with Crippen LogP contribution in [0.15, 0.2) is 0 Å². The van der Waals surface area contributed by atoms with Gasteiger partial charge in [0, 0.05) is 13.2 Å². The monoisotopic (exact) mass is 259 g/mol. The second-order valence-electron chi connectivity index (χ2n) is 5.92. The molecule has 1 aliphatic rings. The summed E-state index contributed by atoms with van der Waals surface area (Å²) in [6, 6.07) is 0. The largest absolute Gasteiger partial charge is 0.393 e. The van der Waals surface area contributed by atoms with Gasteiger partial charge in [0.2, 0.25) is 0 Å². The van der Waals surface area contributed by atoms with E-state index in [0.717, 1.165) is 32.2 Å². The summed E-state index contributed by atoms with van der Waals surface area (Å²) in [5, 5.41) is 22.4. The van der Waals surface area contributed by atoms with Gasteiger partial charge in [0.25, 0.3) is 0 Å². The van der Waals surface area contributed by atoms with Crippen LogP contribution in [0.3, 0.4) is 0 Å². The zero-order chi connectivity index (χ0) is 13.4. The van der Waals surface area contributed by atoms with Crippen molar-refractivity contribution in [3.63, 3.8) is 0 Å².